The molecule has 0 N–H and O–H groups in total. The number of rotatable bonds is 4. The Balaban J connectivity index is 2.74. The molecule has 1 aromatic rings. The highest BCUT2D eigenvalue weighted by Gasteiger charge is 2.07. The zero-order valence-corrected chi connectivity index (χ0v) is 8.73. The first-order valence-electron chi connectivity index (χ1n) is 4.81. The molecule has 0 aliphatic rings. The zero-order valence-electron chi connectivity index (χ0n) is 8.73. The predicted octanol–water partition coefficient (Wildman–Crippen LogP) is 2.95. The summed E-state index contributed by atoms with van der Waals surface area (Å²) < 4.78 is 9.72. The first kappa shape index (κ1) is 11.3. The van der Waals surface area contributed by atoms with Crippen molar-refractivity contribution < 1.29 is 14.3 Å². The van der Waals surface area contributed by atoms with Crippen LogP contribution in [0.25, 0.3) is 0 Å². The van der Waals surface area contributed by atoms with Gasteiger partial charge in [-0.25, -0.2) is 4.79 Å². The summed E-state index contributed by atoms with van der Waals surface area (Å²) in [6.45, 7) is 5.68. The van der Waals surface area contributed by atoms with Crippen LogP contribution in [0.3, 0.4) is 0 Å². The lowest BCUT2D eigenvalue weighted by Crippen LogP contribution is -2.11. The molecular formula is C12H14O3. The van der Waals surface area contributed by atoms with E-state index in [1.807, 2.05) is 12.1 Å². The molecule has 0 radical (unpaired) electrons. The van der Waals surface area contributed by atoms with Gasteiger partial charge in [0.15, 0.2) is 0 Å². The summed E-state index contributed by atoms with van der Waals surface area (Å²) in [5.41, 5.74) is 0.917. The minimum atomic E-state index is -0.672. The third-order valence-electron chi connectivity index (χ3n) is 1.79. The molecule has 0 aliphatic carbocycles. The minimum Gasteiger partial charge on any atom is -0.434 e. The Labute approximate surface area is 89.3 Å². The van der Waals surface area contributed by atoms with Gasteiger partial charge in [-0.1, -0.05) is 24.3 Å². The largest absolute Gasteiger partial charge is 0.513 e. The summed E-state index contributed by atoms with van der Waals surface area (Å²) >= 11 is 0. The number of hydrogen-bond acceptors (Lipinski definition) is 3. The molecule has 80 valence electrons. The first-order valence-corrected chi connectivity index (χ1v) is 4.81. The topological polar surface area (TPSA) is 35.5 Å². The number of hydrogen-bond donors (Lipinski definition) is 0. The fourth-order valence-electron chi connectivity index (χ4n) is 1.16. The van der Waals surface area contributed by atoms with Gasteiger partial charge >= 0.3 is 6.16 Å². The van der Waals surface area contributed by atoms with Crippen molar-refractivity contribution in [3.05, 3.63) is 42.5 Å². The fraction of sp³-hybridized carbons (Fsp3) is 0.250. The lowest BCUT2D eigenvalue weighted by molar-refractivity contribution is 0.104. The second-order valence-electron chi connectivity index (χ2n) is 2.89. The predicted molar refractivity (Wildman–Crippen MR) is 58.0 cm³/mol. The number of allylic oxidation sites excluding steroid dienone is 1. The van der Waals surface area contributed by atoms with Gasteiger partial charge in [0.05, 0.1) is 6.61 Å². The molecule has 15 heavy (non-hydrogen) atoms. The van der Waals surface area contributed by atoms with E-state index < -0.39 is 6.16 Å². The molecule has 0 spiro atoms. The third kappa shape index (κ3) is 3.46. The first-order chi connectivity index (χ1) is 7.27. The van der Waals surface area contributed by atoms with Crippen LogP contribution >= 0.6 is 0 Å². The van der Waals surface area contributed by atoms with Crippen LogP contribution in [0.15, 0.2) is 36.9 Å². The van der Waals surface area contributed by atoms with Crippen molar-refractivity contribution in [3.63, 3.8) is 0 Å². The molecule has 0 unspecified atom stereocenters. The molecule has 1 aromatic carbocycles. The van der Waals surface area contributed by atoms with Crippen molar-refractivity contribution in [1.82, 2.24) is 0 Å². The second-order valence-corrected chi connectivity index (χ2v) is 2.89. The molecule has 0 saturated carbocycles. The minimum absolute atomic E-state index is 0.308. The highest BCUT2D eigenvalue weighted by Crippen LogP contribution is 2.19. The molecule has 0 aromatic heterocycles. The van der Waals surface area contributed by atoms with Crippen LogP contribution in [0.4, 0.5) is 4.79 Å². The number of ether oxygens (including phenoxy) is 2. The van der Waals surface area contributed by atoms with Crippen LogP contribution < -0.4 is 4.74 Å². The van der Waals surface area contributed by atoms with Crippen molar-refractivity contribution in [3.8, 4) is 5.75 Å². The number of carbonyl (C=O) groups excluding carboxylic acids is 1. The molecule has 3 nitrogen and oxygen atoms in total. The van der Waals surface area contributed by atoms with E-state index in [1.54, 1.807) is 25.1 Å². The average Bonchev–Trinajstić information content (AvgIpc) is 2.21. The smallest absolute Gasteiger partial charge is 0.434 e. The summed E-state index contributed by atoms with van der Waals surface area (Å²) in [5, 5.41) is 0. The lowest BCUT2D eigenvalue weighted by atomic mass is 10.1. The van der Waals surface area contributed by atoms with Crippen molar-refractivity contribution in [2.75, 3.05) is 6.61 Å². The fourth-order valence-corrected chi connectivity index (χ4v) is 1.16. The number of carbonyl (C=O) groups is 1. The van der Waals surface area contributed by atoms with E-state index in [9.17, 15) is 4.79 Å². The van der Waals surface area contributed by atoms with Gasteiger partial charge in [0.1, 0.15) is 5.75 Å². The summed E-state index contributed by atoms with van der Waals surface area (Å²) in [7, 11) is 0. The van der Waals surface area contributed by atoms with Gasteiger partial charge in [0, 0.05) is 0 Å². The Kier molecular flexibility index (Phi) is 4.41. The van der Waals surface area contributed by atoms with E-state index in [0.29, 0.717) is 18.8 Å². The van der Waals surface area contributed by atoms with Crippen LogP contribution in [0.5, 0.6) is 5.75 Å². The van der Waals surface area contributed by atoms with Crippen LogP contribution in [0.2, 0.25) is 0 Å². The molecule has 0 aliphatic heterocycles. The quantitative estimate of drug-likeness (QED) is 0.431. The summed E-state index contributed by atoms with van der Waals surface area (Å²) in [4.78, 5) is 11.1. The monoisotopic (exact) mass is 206 g/mol. The summed E-state index contributed by atoms with van der Waals surface area (Å²) in [5.74, 6) is 0.524. The van der Waals surface area contributed by atoms with Crippen molar-refractivity contribution in [2.24, 2.45) is 0 Å². The van der Waals surface area contributed by atoms with E-state index in [2.05, 4.69) is 6.58 Å². The second kappa shape index (κ2) is 5.86. The molecule has 0 fully saturated rings. The molecule has 1 rings (SSSR count). The van der Waals surface area contributed by atoms with E-state index >= 15 is 0 Å². The number of para-hydroxylation sites is 1. The highest BCUT2D eigenvalue weighted by atomic mass is 16.7. The van der Waals surface area contributed by atoms with Gasteiger partial charge in [-0.2, -0.15) is 0 Å². The van der Waals surface area contributed by atoms with Gasteiger partial charge in [-0.05, 0) is 25.0 Å². The molecule has 0 saturated heterocycles. The molecule has 3 heteroatoms. The maximum absolute atomic E-state index is 11.1. The summed E-state index contributed by atoms with van der Waals surface area (Å²) in [6, 6.07) is 7.31. The molecule has 0 atom stereocenters. The Morgan fingerprint density at radius 1 is 1.47 bits per heavy atom. The Morgan fingerprint density at radius 3 is 2.87 bits per heavy atom. The average molecular weight is 206 g/mol. The van der Waals surface area contributed by atoms with E-state index in [-0.39, 0.29) is 0 Å². The Bertz CT molecular complexity index is 344. The van der Waals surface area contributed by atoms with Gasteiger partial charge in [0.2, 0.25) is 0 Å². The van der Waals surface area contributed by atoms with Crippen LogP contribution in [-0.4, -0.2) is 12.8 Å². The van der Waals surface area contributed by atoms with Crippen LogP contribution in [-0.2, 0) is 11.2 Å². The van der Waals surface area contributed by atoms with Crippen molar-refractivity contribution in [2.45, 2.75) is 13.3 Å². The summed E-state index contributed by atoms with van der Waals surface area (Å²) in [6.07, 6.45) is 1.75. The molecule has 0 bridgehead atoms. The van der Waals surface area contributed by atoms with Crippen molar-refractivity contribution >= 4 is 6.16 Å². The van der Waals surface area contributed by atoms with E-state index in [4.69, 9.17) is 9.47 Å². The van der Waals surface area contributed by atoms with Crippen LogP contribution in [0, 0.1) is 0 Å². The van der Waals surface area contributed by atoms with Gasteiger partial charge in [0.25, 0.3) is 0 Å². The van der Waals surface area contributed by atoms with E-state index in [0.717, 1.165) is 5.56 Å². The van der Waals surface area contributed by atoms with Gasteiger partial charge in [-0.15, -0.1) is 6.58 Å². The Morgan fingerprint density at radius 2 is 2.20 bits per heavy atom. The van der Waals surface area contributed by atoms with Gasteiger partial charge in [-0.3, -0.25) is 0 Å². The maximum Gasteiger partial charge on any atom is 0.513 e. The number of benzene rings is 1. The maximum atomic E-state index is 11.1. The normalized spacial score (nSPS) is 9.40. The van der Waals surface area contributed by atoms with E-state index in [1.165, 1.54) is 0 Å². The van der Waals surface area contributed by atoms with Gasteiger partial charge < -0.3 is 9.47 Å². The standard InChI is InChI=1S/C12H14O3/c1-3-7-10-8-5-6-9-11(10)15-12(13)14-4-2/h3,5-6,8-9H,1,4,7H2,2H3. The van der Waals surface area contributed by atoms with Crippen molar-refractivity contribution in [1.29, 1.82) is 0 Å². The third-order valence-corrected chi connectivity index (χ3v) is 1.79. The zero-order chi connectivity index (χ0) is 11.1. The molecular weight excluding hydrogens is 192 g/mol. The van der Waals surface area contributed by atoms with Crippen LogP contribution in [0.1, 0.15) is 12.5 Å². The molecule has 0 amide bonds. The Hall–Kier alpha value is -1.77. The SMILES string of the molecule is C=CCc1ccccc1OC(=O)OCC. The molecule has 0 heterocycles. The lowest BCUT2D eigenvalue weighted by Gasteiger charge is -2.07. The highest BCUT2D eigenvalue weighted by molar-refractivity contribution is 5.64.